The number of carbonyl (C=O) groups is 1. The third-order valence-electron chi connectivity index (χ3n) is 0.786. The molecule has 0 saturated heterocycles. The topological polar surface area (TPSA) is 40.4 Å². The number of hydrogen-bond donors (Lipinski definition) is 1. The van der Waals surface area contributed by atoms with Gasteiger partial charge in [-0.25, -0.2) is 0 Å². The minimum atomic E-state index is -0.469. The highest BCUT2D eigenvalue weighted by Gasteiger charge is 2.08. The van der Waals surface area contributed by atoms with Crippen molar-refractivity contribution in [2.75, 3.05) is 6.54 Å². The van der Waals surface area contributed by atoms with E-state index in [2.05, 4.69) is 16.5 Å². The molecule has 0 saturated carbocycles. The Morgan fingerprint density at radius 1 is 1.78 bits per heavy atom. The van der Waals surface area contributed by atoms with Crippen molar-refractivity contribution in [3.05, 3.63) is 0 Å². The smallest absolute Gasteiger partial charge is 0.270 e. The first-order chi connectivity index (χ1) is 4.16. The van der Waals surface area contributed by atoms with E-state index in [0.717, 1.165) is 0 Å². The van der Waals surface area contributed by atoms with Gasteiger partial charge >= 0.3 is 6.09 Å². The van der Waals surface area contributed by atoms with E-state index in [1.165, 1.54) is 0 Å². The largest absolute Gasteiger partial charge is 0.690 e. The Bertz CT molecular complexity index is 110. The second-order valence-electron chi connectivity index (χ2n) is 2.21. The van der Waals surface area contributed by atoms with Gasteiger partial charge in [-0.3, -0.25) is 9.74 Å². The van der Waals surface area contributed by atoms with Crippen LogP contribution in [-0.4, -0.2) is 19.4 Å². The normalized spacial score (nSPS) is 9.22. The molecule has 1 N–H and O–H groups in total. The highest BCUT2D eigenvalue weighted by molar-refractivity contribution is 5.64. The fraction of sp³-hybridized carbons (Fsp3) is 0.667. The van der Waals surface area contributed by atoms with Gasteiger partial charge in [-0.05, 0) is 5.92 Å². The van der Waals surface area contributed by atoms with Crippen LogP contribution in [0.15, 0.2) is 0 Å². The van der Waals surface area contributed by atoms with E-state index in [-0.39, 0.29) is 0 Å². The summed E-state index contributed by atoms with van der Waals surface area (Å²) in [5.74, 6) is 0.448. The molecule has 52 valence electrons. The predicted molar refractivity (Wildman–Crippen MR) is 35.4 cm³/mol. The van der Waals surface area contributed by atoms with Crippen LogP contribution in [0.1, 0.15) is 13.8 Å². The molecule has 0 aliphatic heterocycles. The molecule has 0 aliphatic rings. The Morgan fingerprint density at radius 2 is 2.33 bits per heavy atom. The Kier molecular flexibility index (Phi) is 3.67. The average Bonchev–Trinajstić information content (AvgIpc) is 1.83. The summed E-state index contributed by atoms with van der Waals surface area (Å²) in [6, 6.07) is 0. The van der Waals surface area contributed by atoms with Crippen LogP contribution in [0.25, 0.3) is 0 Å². The lowest BCUT2D eigenvalue weighted by Crippen LogP contribution is -2.25. The average molecular weight is 130 g/mol. The molecular weight excluding hydrogens is 118 g/mol. The molecule has 0 heterocycles. The van der Waals surface area contributed by atoms with Crippen LogP contribution in [-0.2, 0) is 4.42 Å². The molecule has 0 atom stereocenters. The maximum atomic E-state index is 10.3. The third kappa shape index (κ3) is 5.00. The van der Waals surface area contributed by atoms with Gasteiger partial charge in [0.1, 0.15) is 0 Å². The van der Waals surface area contributed by atoms with Crippen molar-refractivity contribution in [2.24, 2.45) is 5.92 Å². The summed E-state index contributed by atoms with van der Waals surface area (Å²) >= 11 is 0. The lowest BCUT2D eigenvalue weighted by atomic mass is 10.2. The monoisotopic (exact) mass is 130 g/mol. The first-order valence-electron chi connectivity index (χ1n) is 2.86. The maximum Gasteiger partial charge on any atom is 0.690 e. The standard InChI is InChI=1S/C6H11NO2/c1-5(2)4-7-6(8)9-3/h5H,3-4H2,1-2H3/p+1. The van der Waals surface area contributed by atoms with Gasteiger partial charge in [-0.15, -0.1) is 0 Å². The van der Waals surface area contributed by atoms with E-state index in [0.29, 0.717) is 12.5 Å². The molecule has 0 bridgehead atoms. The summed E-state index contributed by atoms with van der Waals surface area (Å²) in [5.41, 5.74) is 0. The fourth-order valence-corrected chi connectivity index (χ4v) is 0.338. The van der Waals surface area contributed by atoms with Gasteiger partial charge in [0, 0.05) is 6.54 Å². The lowest BCUT2D eigenvalue weighted by Gasteiger charge is -1.97. The molecule has 0 fully saturated rings. The van der Waals surface area contributed by atoms with Crippen molar-refractivity contribution >= 4 is 12.9 Å². The Labute approximate surface area is 54.8 Å². The van der Waals surface area contributed by atoms with Crippen molar-refractivity contribution in [1.82, 2.24) is 5.32 Å². The number of rotatable bonds is 2. The minimum Gasteiger partial charge on any atom is -0.270 e. The van der Waals surface area contributed by atoms with Gasteiger partial charge < -0.3 is 0 Å². The van der Waals surface area contributed by atoms with Crippen molar-refractivity contribution in [3.63, 3.8) is 0 Å². The summed E-state index contributed by atoms with van der Waals surface area (Å²) in [6.45, 7) is 7.59. The highest BCUT2D eigenvalue weighted by Crippen LogP contribution is 1.85. The van der Waals surface area contributed by atoms with Crippen molar-refractivity contribution in [2.45, 2.75) is 13.8 Å². The van der Waals surface area contributed by atoms with Gasteiger partial charge in [0.2, 0.25) is 0 Å². The second kappa shape index (κ2) is 4.06. The van der Waals surface area contributed by atoms with Gasteiger partial charge in [-0.1, -0.05) is 13.8 Å². The summed E-state index contributed by atoms with van der Waals surface area (Å²) in [5, 5.41) is 2.51. The maximum absolute atomic E-state index is 10.3. The van der Waals surface area contributed by atoms with E-state index >= 15 is 0 Å². The van der Waals surface area contributed by atoms with Gasteiger partial charge in [-0.2, -0.15) is 0 Å². The van der Waals surface area contributed by atoms with Crippen molar-refractivity contribution in [1.29, 1.82) is 0 Å². The molecule has 0 radical (unpaired) electrons. The third-order valence-corrected chi connectivity index (χ3v) is 0.786. The Morgan fingerprint density at radius 3 is 2.67 bits per heavy atom. The SMILES string of the molecule is C=[O+]C(=O)NCC(C)C. The molecular formula is C6H12NO2+. The van der Waals surface area contributed by atoms with Crippen LogP contribution in [0.2, 0.25) is 0 Å². The van der Waals surface area contributed by atoms with Crippen LogP contribution in [0.3, 0.4) is 0 Å². The van der Waals surface area contributed by atoms with Crippen molar-refractivity contribution < 1.29 is 9.22 Å². The molecule has 0 spiro atoms. The highest BCUT2D eigenvalue weighted by atomic mass is 16.5. The number of hydrogen-bond acceptors (Lipinski definition) is 1. The van der Waals surface area contributed by atoms with E-state index in [1.807, 2.05) is 13.8 Å². The first kappa shape index (κ1) is 8.14. The molecule has 3 nitrogen and oxygen atoms in total. The fourth-order valence-electron chi connectivity index (χ4n) is 0.338. The molecule has 0 aromatic heterocycles. The molecule has 0 aromatic carbocycles. The van der Waals surface area contributed by atoms with Crippen LogP contribution >= 0.6 is 0 Å². The molecule has 0 unspecified atom stereocenters. The molecule has 0 aliphatic carbocycles. The predicted octanol–water partition coefficient (Wildman–Crippen LogP) is 0.716. The molecule has 0 rings (SSSR count). The van der Waals surface area contributed by atoms with Crippen LogP contribution in [0, 0.1) is 5.92 Å². The van der Waals surface area contributed by atoms with Gasteiger partial charge in [0.15, 0.2) is 6.79 Å². The molecule has 3 heteroatoms. The van der Waals surface area contributed by atoms with Crippen LogP contribution in [0.5, 0.6) is 0 Å². The summed E-state index contributed by atoms with van der Waals surface area (Å²) in [7, 11) is 0. The lowest BCUT2D eigenvalue weighted by molar-refractivity contribution is -0.333. The number of carbonyl (C=O) groups excluding carboxylic acids is 2. The Hall–Kier alpha value is -0.860. The summed E-state index contributed by atoms with van der Waals surface area (Å²) in [6.07, 6.45) is -0.469. The number of nitrogens with one attached hydrogen (secondary N) is 1. The minimum absolute atomic E-state index is 0.448. The quantitative estimate of drug-likeness (QED) is 0.549. The van der Waals surface area contributed by atoms with E-state index in [9.17, 15) is 4.79 Å². The van der Waals surface area contributed by atoms with E-state index in [1.54, 1.807) is 0 Å². The van der Waals surface area contributed by atoms with E-state index < -0.39 is 6.09 Å². The molecule has 9 heavy (non-hydrogen) atoms. The summed E-state index contributed by atoms with van der Waals surface area (Å²) < 4.78 is 4.10. The second-order valence-corrected chi connectivity index (χ2v) is 2.21. The Balaban J connectivity index is 3.27. The first-order valence-corrected chi connectivity index (χ1v) is 2.86. The van der Waals surface area contributed by atoms with Gasteiger partial charge in [0.25, 0.3) is 0 Å². The van der Waals surface area contributed by atoms with Gasteiger partial charge in [0.05, 0.1) is 4.79 Å². The zero-order chi connectivity index (χ0) is 7.28. The van der Waals surface area contributed by atoms with E-state index in [4.69, 9.17) is 0 Å². The molecule has 0 aromatic rings. The number of amides is 1. The summed E-state index contributed by atoms with van der Waals surface area (Å²) in [4.78, 5) is 10.3. The van der Waals surface area contributed by atoms with Crippen LogP contribution in [0.4, 0.5) is 4.79 Å². The van der Waals surface area contributed by atoms with Crippen LogP contribution < -0.4 is 5.32 Å². The van der Waals surface area contributed by atoms with Crippen molar-refractivity contribution in [3.8, 4) is 0 Å². The molecule has 1 amide bonds. The zero-order valence-electron chi connectivity index (χ0n) is 5.81. The zero-order valence-corrected chi connectivity index (χ0v) is 5.81.